The van der Waals surface area contributed by atoms with E-state index in [4.69, 9.17) is 21.6 Å². The fourth-order valence-electron chi connectivity index (χ4n) is 3.95. The third-order valence-electron chi connectivity index (χ3n) is 5.57. The number of piperazine rings is 1. The van der Waals surface area contributed by atoms with Gasteiger partial charge in [0, 0.05) is 49.3 Å². The van der Waals surface area contributed by atoms with E-state index < -0.39 is 0 Å². The van der Waals surface area contributed by atoms with Crippen LogP contribution < -0.4 is 4.90 Å². The molecule has 1 fully saturated rings. The van der Waals surface area contributed by atoms with Crippen LogP contribution in [-0.4, -0.2) is 51.1 Å². The standard InChI is InChI=1S/C24H22ClN5O/c25-17-8-9-19-21(15-17)27-23(20-6-1-2-7-22(20)31)28-24(19)30-13-11-29(12-14-30)16-18-5-3-4-10-26-18/h1-10,15,31H,11-14,16H2. The zero-order valence-electron chi connectivity index (χ0n) is 16.9. The number of fused-ring (bicyclic) bond motifs is 1. The van der Waals surface area contributed by atoms with Crippen molar-refractivity contribution < 1.29 is 5.11 Å². The van der Waals surface area contributed by atoms with Crippen molar-refractivity contribution in [1.82, 2.24) is 19.9 Å². The van der Waals surface area contributed by atoms with Gasteiger partial charge in [-0.15, -0.1) is 0 Å². The highest BCUT2D eigenvalue weighted by atomic mass is 35.5. The van der Waals surface area contributed by atoms with Gasteiger partial charge in [0.15, 0.2) is 5.82 Å². The molecule has 1 saturated heterocycles. The Balaban J connectivity index is 1.46. The summed E-state index contributed by atoms with van der Waals surface area (Å²) < 4.78 is 0. The first-order valence-corrected chi connectivity index (χ1v) is 10.7. The van der Waals surface area contributed by atoms with Crippen LogP contribution in [0.4, 0.5) is 5.82 Å². The molecule has 0 atom stereocenters. The van der Waals surface area contributed by atoms with E-state index in [1.165, 1.54) is 0 Å². The maximum absolute atomic E-state index is 10.3. The molecule has 156 valence electrons. The second-order valence-electron chi connectivity index (χ2n) is 7.63. The monoisotopic (exact) mass is 431 g/mol. The van der Waals surface area contributed by atoms with E-state index in [9.17, 15) is 5.11 Å². The summed E-state index contributed by atoms with van der Waals surface area (Å²) in [5.74, 6) is 1.53. The lowest BCUT2D eigenvalue weighted by Crippen LogP contribution is -2.46. The quantitative estimate of drug-likeness (QED) is 0.517. The van der Waals surface area contributed by atoms with E-state index in [0.29, 0.717) is 16.4 Å². The Morgan fingerprint density at radius 2 is 1.71 bits per heavy atom. The average Bonchev–Trinajstić information content (AvgIpc) is 2.80. The van der Waals surface area contributed by atoms with Crippen LogP contribution in [0.15, 0.2) is 66.9 Å². The number of halogens is 1. The highest BCUT2D eigenvalue weighted by Crippen LogP contribution is 2.33. The summed E-state index contributed by atoms with van der Waals surface area (Å²) in [6.45, 7) is 4.38. The summed E-state index contributed by atoms with van der Waals surface area (Å²) in [4.78, 5) is 18.7. The van der Waals surface area contributed by atoms with Crippen molar-refractivity contribution >= 4 is 28.3 Å². The molecule has 1 aliphatic heterocycles. The van der Waals surface area contributed by atoms with E-state index in [1.807, 2.05) is 48.7 Å². The topological polar surface area (TPSA) is 65.4 Å². The average molecular weight is 432 g/mol. The molecule has 0 unspecified atom stereocenters. The van der Waals surface area contributed by atoms with Gasteiger partial charge in [-0.25, -0.2) is 9.97 Å². The lowest BCUT2D eigenvalue weighted by Gasteiger charge is -2.35. The minimum Gasteiger partial charge on any atom is -0.507 e. The number of pyridine rings is 1. The Hall–Kier alpha value is -3.22. The molecule has 2 aromatic heterocycles. The fraction of sp³-hybridized carbons (Fsp3) is 0.208. The molecule has 0 aliphatic carbocycles. The summed E-state index contributed by atoms with van der Waals surface area (Å²) in [5.41, 5.74) is 2.46. The molecule has 3 heterocycles. The number of benzene rings is 2. The number of phenolic OH excluding ortho intramolecular Hbond substituents is 1. The largest absolute Gasteiger partial charge is 0.507 e. The first-order chi connectivity index (χ1) is 15.2. The molecule has 0 amide bonds. The van der Waals surface area contributed by atoms with Gasteiger partial charge >= 0.3 is 0 Å². The number of aromatic hydroxyl groups is 1. The zero-order valence-corrected chi connectivity index (χ0v) is 17.7. The van der Waals surface area contributed by atoms with Crippen molar-refractivity contribution in [3.63, 3.8) is 0 Å². The number of hydrogen-bond acceptors (Lipinski definition) is 6. The molecule has 2 aromatic carbocycles. The number of phenols is 1. The number of aromatic nitrogens is 3. The van der Waals surface area contributed by atoms with Crippen LogP contribution in [0.5, 0.6) is 5.75 Å². The Bertz CT molecular complexity index is 1210. The van der Waals surface area contributed by atoms with Crippen LogP contribution in [0, 0.1) is 0 Å². The van der Waals surface area contributed by atoms with Crippen LogP contribution >= 0.6 is 11.6 Å². The minimum atomic E-state index is 0.162. The third kappa shape index (κ3) is 4.17. The maximum atomic E-state index is 10.3. The van der Waals surface area contributed by atoms with E-state index in [1.54, 1.807) is 12.1 Å². The molecule has 1 aliphatic rings. The molecular weight excluding hydrogens is 410 g/mol. The molecule has 0 bridgehead atoms. The van der Waals surface area contributed by atoms with Crippen molar-refractivity contribution in [2.75, 3.05) is 31.1 Å². The number of rotatable bonds is 4. The van der Waals surface area contributed by atoms with E-state index >= 15 is 0 Å². The molecule has 0 radical (unpaired) electrons. The van der Waals surface area contributed by atoms with Gasteiger partial charge in [0.1, 0.15) is 11.6 Å². The van der Waals surface area contributed by atoms with Gasteiger partial charge in [-0.3, -0.25) is 9.88 Å². The van der Waals surface area contributed by atoms with Crippen LogP contribution in [0.1, 0.15) is 5.69 Å². The predicted octanol–water partition coefficient (Wildman–Crippen LogP) is 4.37. The first kappa shape index (κ1) is 19.7. The van der Waals surface area contributed by atoms with Crippen LogP contribution in [0.3, 0.4) is 0 Å². The molecule has 1 N–H and O–H groups in total. The Labute approximate surface area is 185 Å². The lowest BCUT2D eigenvalue weighted by molar-refractivity contribution is 0.247. The van der Waals surface area contributed by atoms with Crippen LogP contribution in [0.2, 0.25) is 5.02 Å². The maximum Gasteiger partial charge on any atom is 0.165 e. The summed E-state index contributed by atoms with van der Waals surface area (Å²) in [7, 11) is 0. The third-order valence-corrected chi connectivity index (χ3v) is 5.80. The second kappa shape index (κ2) is 8.49. The molecule has 0 saturated carbocycles. The van der Waals surface area contributed by atoms with Gasteiger partial charge in [-0.1, -0.05) is 29.8 Å². The summed E-state index contributed by atoms with van der Waals surface area (Å²) in [6.07, 6.45) is 1.84. The van der Waals surface area contributed by atoms with Gasteiger partial charge in [-0.2, -0.15) is 0 Å². The molecule has 6 nitrogen and oxygen atoms in total. The number of anilines is 1. The molecule has 0 spiro atoms. The number of nitrogens with zero attached hydrogens (tertiary/aromatic N) is 5. The highest BCUT2D eigenvalue weighted by molar-refractivity contribution is 6.31. The normalized spacial score (nSPS) is 14.8. The molecule has 7 heteroatoms. The Kier molecular flexibility index (Phi) is 5.40. The zero-order chi connectivity index (χ0) is 21.2. The Morgan fingerprint density at radius 3 is 2.48 bits per heavy atom. The molecular formula is C24H22ClN5O. The van der Waals surface area contributed by atoms with Crippen molar-refractivity contribution in [2.45, 2.75) is 6.54 Å². The van der Waals surface area contributed by atoms with Crippen molar-refractivity contribution in [2.24, 2.45) is 0 Å². The smallest absolute Gasteiger partial charge is 0.165 e. The summed E-state index contributed by atoms with van der Waals surface area (Å²) in [6, 6.07) is 18.9. The van der Waals surface area contributed by atoms with Crippen molar-refractivity contribution in [3.05, 3.63) is 77.6 Å². The van der Waals surface area contributed by atoms with Crippen molar-refractivity contribution in [1.29, 1.82) is 0 Å². The van der Waals surface area contributed by atoms with Crippen LogP contribution in [0.25, 0.3) is 22.3 Å². The number of para-hydroxylation sites is 1. The van der Waals surface area contributed by atoms with Crippen molar-refractivity contribution in [3.8, 4) is 17.1 Å². The first-order valence-electron chi connectivity index (χ1n) is 10.3. The van der Waals surface area contributed by atoms with Gasteiger partial charge in [0.05, 0.1) is 16.8 Å². The van der Waals surface area contributed by atoms with Gasteiger partial charge in [0.2, 0.25) is 0 Å². The molecule has 31 heavy (non-hydrogen) atoms. The fourth-order valence-corrected chi connectivity index (χ4v) is 4.12. The molecule has 5 rings (SSSR count). The predicted molar refractivity (Wildman–Crippen MR) is 123 cm³/mol. The van der Waals surface area contributed by atoms with Gasteiger partial charge in [0.25, 0.3) is 0 Å². The Morgan fingerprint density at radius 1 is 0.903 bits per heavy atom. The van der Waals surface area contributed by atoms with E-state index in [2.05, 4.69) is 20.9 Å². The SMILES string of the molecule is Oc1ccccc1-c1nc(N2CCN(Cc3ccccn3)CC2)c2ccc(Cl)cc2n1. The van der Waals surface area contributed by atoms with Gasteiger partial charge < -0.3 is 10.0 Å². The molecule has 4 aromatic rings. The second-order valence-corrected chi connectivity index (χ2v) is 8.07. The van der Waals surface area contributed by atoms with Gasteiger partial charge in [-0.05, 0) is 42.5 Å². The summed E-state index contributed by atoms with van der Waals surface area (Å²) in [5, 5.41) is 11.9. The highest BCUT2D eigenvalue weighted by Gasteiger charge is 2.22. The number of hydrogen-bond donors (Lipinski definition) is 1. The van der Waals surface area contributed by atoms with E-state index in [0.717, 1.165) is 55.1 Å². The van der Waals surface area contributed by atoms with E-state index in [-0.39, 0.29) is 5.75 Å². The summed E-state index contributed by atoms with van der Waals surface area (Å²) >= 11 is 6.25. The van der Waals surface area contributed by atoms with Crippen LogP contribution in [-0.2, 0) is 6.54 Å². The minimum absolute atomic E-state index is 0.162. The lowest BCUT2D eigenvalue weighted by atomic mass is 10.1.